The van der Waals surface area contributed by atoms with E-state index >= 15 is 0 Å². The Labute approximate surface area is 226 Å². The average molecular weight is 513 g/mol. The van der Waals surface area contributed by atoms with E-state index in [-0.39, 0.29) is 11.4 Å². The molecule has 3 heterocycles. The van der Waals surface area contributed by atoms with Crippen LogP contribution in [0.2, 0.25) is 0 Å². The number of fused-ring (bicyclic) bond motifs is 5. The molecule has 0 atom stereocenters. The van der Waals surface area contributed by atoms with Crippen molar-refractivity contribution in [3.63, 3.8) is 0 Å². The SMILES string of the molecule is CC(=O)Nc1cccc(-c2nc3n(c2-c2ccc(C4(N)CCC4)cc2)-c2cccnc2Nc2ccccc2-3)c1. The Hall–Kier alpha value is -4.75. The molecular weight excluding hydrogens is 484 g/mol. The van der Waals surface area contributed by atoms with E-state index in [1.54, 1.807) is 6.20 Å². The fourth-order valence-corrected chi connectivity index (χ4v) is 5.65. The van der Waals surface area contributed by atoms with Gasteiger partial charge in [0, 0.05) is 41.0 Å². The van der Waals surface area contributed by atoms with Crippen molar-refractivity contribution in [2.24, 2.45) is 5.73 Å². The first-order valence-electron chi connectivity index (χ1n) is 13.2. The van der Waals surface area contributed by atoms with Gasteiger partial charge in [0.25, 0.3) is 0 Å². The maximum absolute atomic E-state index is 11.8. The third-order valence-electron chi connectivity index (χ3n) is 7.76. The minimum Gasteiger partial charge on any atom is -0.338 e. The molecule has 5 aromatic rings. The lowest BCUT2D eigenvalue weighted by atomic mass is 9.72. The second-order valence-corrected chi connectivity index (χ2v) is 10.4. The first-order valence-corrected chi connectivity index (χ1v) is 13.2. The van der Waals surface area contributed by atoms with Gasteiger partial charge >= 0.3 is 0 Å². The smallest absolute Gasteiger partial charge is 0.221 e. The lowest BCUT2D eigenvalue weighted by molar-refractivity contribution is -0.114. The molecule has 4 N–H and O–H groups in total. The van der Waals surface area contributed by atoms with Crippen molar-refractivity contribution in [1.29, 1.82) is 0 Å². The third kappa shape index (κ3) is 3.90. The van der Waals surface area contributed by atoms with Crippen LogP contribution in [0.3, 0.4) is 0 Å². The van der Waals surface area contributed by atoms with E-state index in [9.17, 15) is 4.79 Å². The number of amides is 1. The molecule has 1 fully saturated rings. The molecule has 7 rings (SSSR count). The number of hydrogen-bond acceptors (Lipinski definition) is 5. The van der Waals surface area contributed by atoms with Gasteiger partial charge in [-0.15, -0.1) is 0 Å². The lowest BCUT2D eigenvalue weighted by Crippen LogP contribution is -2.43. The topological polar surface area (TPSA) is 97.9 Å². The van der Waals surface area contributed by atoms with Crippen LogP contribution in [0, 0.1) is 0 Å². The molecule has 0 radical (unpaired) electrons. The Morgan fingerprint density at radius 3 is 2.56 bits per heavy atom. The second kappa shape index (κ2) is 8.92. The van der Waals surface area contributed by atoms with Crippen LogP contribution in [0.5, 0.6) is 0 Å². The normalized spacial score (nSPS) is 14.6. The summed E-state index contributed by atoms with van der Waals surface area (Å²) in [6, 6.07) is 28.6. The summed E-state index contributed by atoms with van der Waals surface area (Å²) in [4.78, 5) is 21.8. The van der Waals surface area contributed by atoms with Gasteiger partial charge in [0.2, 0.25) is 5.91 Å². The van der Waals surface area contributed by atoms with E-state index in [0.717, 1.165) is 75.2 Å². The number of benzene rings is 3. The van der Waals surface area contributed by atoms with Gasteiger partial charge < -0.3 is 16.4 Å². The number of carbonyl (C=O) groups is 1. The quantitative estimate of drug-likeness (QED) is 0.247. The van der Waals surface area contributed by atoms with Gasteiger partial charge in [-0.1, -0.05) is 48.5 Å². The summed E-state index contributed by atoms with van der Waals surface area (Å²) < 4.78 is 2.19. The maximum Gasteiger partial charge on any atom is 0.221 e. The van der Waals surface area contributed by atoms with Crippen molar-refractivity contribution in [2.45, 2.75) is 31.7 Å². The van der Waals surface area contributed by atoms with Crippen molar-refractivity contribution >= 4 is 23.1 Å². The predicted octanol–water partition coefficient (Wildman–Crippen LogP) is 6.62. The van der Waals surface area contributed by atoms with Crippen LogP contribution in [0.1, 0.15) is 31.7 Å². The zero-order valence-corrected chi connectivity index (χ0v) is 21.6. The molecule has 3 aromatic carbocycles. The van der Waals surface area contributed by atoms with Crippen LogP contribution in [0.15, 0.2) is 91.1 Å². The van der Waals surface area contributed by atoms with Gasteiger partial charge in [0.1, 0.15) is 5.82 Å². The van der Waals surface area contributed by atoms with Gasteiger partial charge in [-0.25, -0.2) is 9.97 Å². The van der Waals surface area contributed by atoms with E-state index in [2.05, 4.69) is 56.6 Å². The molecule has 7 heteroatoms. The molecule has 7 nitrogen and oxygen atoms in total. The number of rotatable bonds is 4. The van der Waals surface area contributed by atoms with Crippen molar-refractivity contribution in [1.82, 2.24) is 14.5 Å². The highest BCUT2D eigenvalue weighted by Gasteiger charge is 2.34. The third-order valence-corrected chi connectivity index (χ3v) is 7.76. The highest BCUT2D eigenvalue weighted by atomic mass is 16.1. The molecule has 1 amide bonds. The monoisotopic (exact) mass is 512 g/mol. The largest absolute Gasteiger partial charge is 0.338 e. The summed E-state index contributed by atoms with van der Waals surface area (Å²) >= 11 is 0. The van der Waals surface area contributed by atoms with Crippen molar-refractivity contribution < 1.29 is 4.79 Å². The number of nitrogens with one attached hydrogen (secondary N) is 2. The van der Waals surface area contributed by atoms with Crippen LogP contribution in [0.4, 0.5) is 17.2 Å². The molecule has 2 aromatic heterocycles. The number of hydrogen-bond donors (Lipinski definition) is 3. The van der Waals surface area contributed by atoms with Gasteiger partial charge in [0.05, 0.1) is 22.8 Å². The number of carbonyl (C=O) groups excluding carboxylic acids is 1. The zero-order valence-electron chi connectivity index (χ0n) is 21.6. The Morgan fingerprint density at radius 2 is 1.79 bits per heavy atom. The van der Waals surface area contributed by atoms with Crippen molar-refractivity contribution in [2.75, 3.05) is 10.6 Å². The summed E-state index contributed by atoms with van der Waals surface area (Å²) in [6.07, 6.45) is 4.98. The van der Waals surface area contributed by atoms with Gasteiger partial charge in [-0.05, 0) is 61.2 Å². The highest BCUT2D eigenvalue weighted by Crippen LogP contribution is 2.45. The van der Waals surface area contributed by atoms with E-state index in [4.69, 9.17) is 10.7 Å². The number of nitrogens with two attached hydrogens (primary N) is 1. The molecule has 39 heavy (non-hydrogen) atoms. The summed E-state index contributed by atoms with van der Waals surface area (Å²) in [5.41, 5.74) is 14.8. The van der Waals surface area contributed by atoms with E-state index in [1.165, 1.54) is 13.3 Å². The number of pyridine rings is 1. The Morgan fingerprint density at radius 1 is 0.974 bits per heavy atom. The van der Waals surface area contributed by atoms with Crippen molar-refractivity contribution in [3.05, 3.63) is 96.7 Å². The Kier molecular flexibility index (Phi) is 5.35. The Balaban J connectivity index is 1.51. The standard InChI is InChI=1S/C32H28N6O/c1-20(39)35-24-8-4-7-22(19-24)28-29(21-12-14-23(15-13-21)32(33)16-6-17-32)38-27-11-5-18-34-30(27)36-26-10-3-2-9-25(26)31(38)37-28/h2-5,7-15,18-19H,6,16-17,33H2,1H3,(H,34,36)(H,35,39). The zero-order chi connectivity index (χ0) is 26.6. The molecule has 1 aliphatic carbocycles. The number of imidazole rings is 1. The Bertz CT molecular complexity index is 1730. The first kappa shape index (κ1) is 23.4. The molecule has 0 unspecified atom stereocenters. The molecule has 0 saturated heterocycles. The number of para-hydroxylation sites is 1. The molecule has 1 aliphatic heterocycles. The fourth-order valence-electron chi connectivity index (χ4n) is 5.65. The van der Waals surface area contributed by atoms with Gasteiger partial charge in [-0.3, -0.25) is 9.36 Å². The molecule has 2 aliphatic rings. The van der Waals surface area contributed by atoms with Crippen LogP contribution < -0.4 is 16.4 Å². The number of nitrogens with zero attached hydrogens (tertiary/aromatic N) is 3. The molecular formula is C32H28N6O. The average Bonchev–Trinajstić information content (AvgIpc) is 3.26. The fraction of sp³-hybridized carbons (Fsp3) is 0.156. The molecule has 0 bridgehead atoms. The van der Waals surface area contributed by atoms with E-state index < -0.39 is 0 Å². The van der Waals surface area contributed by atoms with E-state index in [0.29, 0.717) is 0 Å². The van der Waals surface area contributed by atoms with Gasteiger partial charge in [-0.2, -0.15) is 0 Å². The summed E-state index contributed by atoms with van der Waals surface area (Å²) in [7, 11) is 0. The van der Waals surface area contributed by atoms with Crippen molar-refractivity contribution in [3.8, 4) is 39.6 Å². The summed E-state index contributed by atoms with van der Waals surface area (Å²) in [6.45, 7) is 1.51. The number of anilines is 3. The minimum atomic E-state index is -0.234. The van der Waals surface area contributed by atoms with E-state index in [1.807, 2.05) is 48.5 Å². The van der Waals surface area contributed by atoms with Crippen LogP contribution in [0.25, 0.3) is 39.6 Å². The first-order chi connectivity index (χ1) is 19.0. The summed E-state index contributed by atoms with van der Waals surface area (Å²) in [5, 5.41) is 6.42. The lowest BCUT2D eigenvalue weighted by Gasteiger charge is -2.38. The summed E-state index contributed by atoms with van der Waals surface area (Å²) in [5.74, 6) is 1.46. The molecule has 0 spiro atoms. The molecule has 1 saturated carbocycles. The predicted molar refractivity (Wildman–Crippen MR) is 155 cm³/mol. The highest BCUT2D eigenvalue weighted by molar-refractivity contribution is 5.93. The van der Waals surface area contributed by atoms with Crippen LogP contribution in [-0.4, -0.2) is 20.4 Å². The van der Waals surface area contributed by atoms with Crippen LogP contribution >= 0.6 is 0 Å². The molecule has 192 valence electrons. The number of aromatic nitrogens is 3. The van der Waals surface area contributed by atoms with Gasteiger partial charge in [0.15, 0.2) is 5.82 Å². The van der Waals surface area contributed by atoms with Crippen LogP contribution in [-0.2, 0) is 10.3 Å². The second-order valence-electron chi connectivity index (χ2n) is 10.4. The minimum absolute atomic E-state index is 0.115. The maximum atomic E-state index is 11.8.